The molecule has 1 aromatic heterocycles. The van der Waals surface area contributed by atoms with E-state index >= 15 is 0 Å². The minimum atomic E-state index is -0.375. The van der Waals surface area contributed by atoms with Gasteiger partial charge < -0.3 is 25.0 Å². The van der Waals surface area contributed by atoms with E-state index in [9.17, 15) is 0 Å². The van der Waals surface area contributed by atoms with Gasteiger partial charge in [-0.15, -0.1) is 41.6 Å². The molecule has 3 aliphatic rings. The molecule has 5 nitrogen and oxygen atoms in total. The van der Waals surface area contributed by atoms with Crippen molar-refractivity contribution in [1.29, 1.82) is 0 Å². The first kappa shape index (κ1) is 35.8. The molecule has 46 heavy (non-hydrogen) atoms. The molecule has 0 spiro atoms. The molecule has 2 heterocycles. The van der Waals surface area contributed by atoms with Gasteiger partial charge in [-0.3, -0.25) is 0 Å². The van der Waals surface area contributed by atoms with Gasteiger partial charge in [0.2, 0.25) is 0 Å². The fraction of sp³-hybridized carbons (Fsp3) is 0.400. The molecule has 6 heteroatoms. The summed E-state index contributed by atoms with van der Waals surface area (Å²) in [5, 5.41) is 19.6. The Balaban J connectivity index is 0.000000176. The number of aliphatic hydroxyl groups excluding tert-OH is 2. The molecule has 0 radical (unpaired) electrons. The van der Waals surface area contributed by atoms with Gasteiger partial charge in [-0.05, 0) is 99.9 Å². The first-order valence-corrected chi connectivity index (χ1v) is 16.7. The predicted octanol–water partition coefficient (Wildman–Crippen LogP) is 9.03. The monoisotopic (exact) mass is 795 g/mol. The number of nitrogens with zero attached hydrogens (tertiary/aromatic N) is 3. The normalized spacial score (nSPS) is 17.6. The maximum absolute atomic E-state index is 8.56. The van der Waals surface area contributed by atoms with Crippen LogP contribution < -0.4 is 4.90 Å². The van der Waals surface area contributed by atoms with Gasteiger partial charge in [0.05, 0.1) is 12.2 Å². The van der Waals surface area contributed by atoms with E-state index in [-0.39, 0.29) is 32.3 Å². The number of aromatic nitrogens is 1. The molecule has 1 saturated carbocycles. The molecule has 7 rings (SSSR count). The average Bonchev–Trinajstić information content (AvgIpc) is 3.41. The molecule has 0 bridgehead atoms. The van der Waals surface area contributed by atoms with Crippen LogP contribution in [0, 0.1) is 18.8 Å². The van der Waals surface area contributed by atoms with Crippen LogP contribution in [0.3, 0.4) is 0 Å². The number of hydrogen-bond acceptors (Lipinski definition) is 5. The summed E-state index contributed by atoms with van der Waals surface area (Å²) in [5.74, 6) is 0.728. The number of hydrogen-bond donors (Lipinski definition) is 2. The summed E-state index contributed by atoms with van der Waals surface area (Å²) in [7, 11) is 2.14. The molecule has 4 aromatic rings. The third-order valence-corrected chi connectivity index (χ3v) is 8.88. The van der Waals surface area contributed by atoms with Crippen molar-refractivity contribution in [3.8, 4) is 11.3 Å². The van der Waals surface area contributed by atoms with Crippen LogP contribution in [0.4, 0.5) is 5.69 Å². The second-order valence-corrected chi connectivity index (χ2v) is 12.6. The van der Waals surface area contributed by atoms with Crippen molar-refractivity contribution in [1.82, 2.24) is 9.88 Å². The van der Waals surface area contributed by atoms with Crippen LogP contribution in [0.1, 0.15) is 89.5 Å². The molecule has 2 unspecified atom stereocenters. The van der Waals surface area contributed by atoms with Crippen molar-refractivity contribution in [3.05, 3.63) is 115 Å². The molecular formula is C40H48IrN3O2. The van der Waals surface area contributed by atoms with Crippen LogP contribution in [0.5, 0.6) is 0 Å². The number of pyridine rings is 1. The second kappa shape index (κ2) is 17.8. The Morgan fingerprint density at radius 3 is 2.17 bits per heavy atom. The van der Waals surface area contributed by atoms with E-state index in [0.717, 1.165) is 22.9 Å². The first-order chi connectivity index (χ1) is 21.9. The van der Waals surface area contributed by atoms with Crippen molar-refractivity contribution in [2.45, 2.75) is 96.2 Å². The van der Waals surface area contributed by atoms with Gasteiger partial charge in [-0.25, -0.2) is 0 Å². The molecule has 244 valence electrons. The van der Waals surface area contributed by atoms with E-state index in [1.807, 2.05) is 30.5 Å². The van der Waals surface area contributed by atoms with E-state index < -0.39 is 0 Å². The third-order valence-electron chi connectivity index (χ3n) is 8.88. The molecular weight excluding hydrogens is 747 g/mol. The molecule has 2 N–H and O–H groups in total. The largest absolute Gasteiger partial charge is 3.00 e. The van der Waals surface area contributed by atoms with Crippen LogP contribution in [0.15, 0.2) is 90.4 Å². The summed E-state index contributed by atoms with van der Waals surface area (Å²) in [6.07, 6.45) is 13.5. The van der Waals surface area contributed by atoms with Crippen LogP contribution in [0.25, 0.3) is 22.0 Å². The first-order valence-electron chi connectivity index (χ1n) is 16.7. The Hall–Kier alpha value is -3.02. The van der Waals surface area contributed by atoms with Crippen molar-refractivity contribution in [2.75, 3.05) is 11.9 Å². The number of anilines is 1. The van der Waals surface area contributed by atoms with Crippen molar-refractivity contribution < 1.29 is 30.3 Å². The average molecular weight is 795 g/mol. The zero-order chi connectivity index (χ0) is 31.6. The molecule has 0 saturated heterocycles. The zero-order valence-corrected chi connectivity index (χ0v) is 29.9. The Labute approximate surface area is 289 Å². The van der Waals surface area contributed by atoms with Gasteiger partial charge in [0.25, 0.3) is 0 Å². The fourth-order valence-electron chi connectivity index (χ4n) is 6.69. The summed E-state index contributed by atoms with van der Waals surface area (Å²) < 4.78 is 0. The van der Waals surface area contributed by atoms with Crippen molar-refractivity contribution in [2.24, 2.45) is 0 Å². The number of aliphatic hydroxyl groups is 2. The Morgan fingerprint density at radius 2 is 1.54 bits per heavy atom. The number of benzene rings is 3. The third kappa shape index (κ3) is 9.51. The minimum Gasteiger partial charge on any atom is -0.508 e. The van der Waals surface area contributed by atoms with E-state index in [0.29, 0.717) is 6.42 Å². The number of para-hydroxylation sites is 1. The summed E-state index contributed by atoms with van der Waals surface area (Å²) in [5.41, 5.74) is 7.72. The Kier molecular flexibility index (Phi) is 13.8. The predicted molar refractivity (Wildman–Crippen MR) is 185 cm³/mol. The number of rotatable bonds is 5. The zero-order valence-electron chi connectivity index (χ0n) is 27.5. The van der Waals surface area contributed by atoms with Crippen LogP contribution in [0.2, 0.25) is 0 Å². The summed E-state index contributed by atoms with van der Waals surface area (Å²) in [6.45, 7) is 5.50. The molecule has 2 aliphatic carbocycles. The molecule has 1 aliphatic heterocycles. The van der Waals surface area contributed by atoms with E-state index in [4.69, 9.17) is 10.2 Å². The molecule has 2 atom stereocenters. The summed E-state index contributed by atoms with van der Waals surface area (Å²) >= 11 is 0. The second-order valence-electron chi connectivity index (χ2n) is 12.6. The van der Waals surface area contributed by atoms with E-state index in [1.165, 1.54) is 85.5 Å². The maximum atomic E-state index is 8.56. The Bertz CT molecular complexity index is 1510. The van der Waals surface area contributed by atoms with E-state index in [1.54, 1.807) is 13.8 Å². The summed E-state index contributed by atoms with van der Waals surface area (Å²) in [4.78, 5) is 9.18. The molecule has 1 fully saturated rings. The van der Waals surface area contributed by atoms with Gasteiger partial charge >= 0.3 is 20.1 Å². The Morgan fingerprint density at radius 1 is 0.848 bits per heavy atom. The van der Waals surface area contributed by atoms with Crippen molar-refractivity contribution >= 4 is 16.5 Å². The standard InChI is InChI=1S/C21H20N.C14H16N2.C5H12O2.Ir/c1-3-7-16(8-4-1)19-12-11-17-13-14-22-21(20(17)15-19)18-9-5-2-6-10-18;1-15-11-16(12-7-3-2-4-8-12)14-10-6-5-9-13(14)15;1-4(6)3-5(2)7;/h2,5-6,9,11-16H,1,3-4,7-8H2;2-4,7,11H,5-6,9-10H2,1H3;4-7H,3H2,1-2H3;/q-1;-2;;+3. The van der Waals surface area contributed by atoms with Crippen molar-refractivity contribution in [3.63, 3.8) is 0 Å². The number of fused-ring (bicyclic) bond motifs is 1. The van der Waals surface area contributed by atoms with Gasteiger partial charge in [-0.1, -0.05) is 37.5 Å². The van der Waals surface area contributed by atoms with E-state index in [2.05, 4.69) is 89.2 Å². The van der Waals surface area contributed by atoms with Crippen LogP contribution in [-0.4, -0.2) is 39.4 Å². The van der Waals surface area contributed by atoms with Gasteiger partial charge in [0.15, 0.2) is 0 Å². The topological polar surface area (TPSA) is 59.8 Å². The minimum absolute atomic E-state index is 0. The molecule has 0 amide bonds. The van der Waals surface area contributed by atoms with Crippen LogP contribution in [-0.2, 0) is 20.1 Å². The van der Waals surface area contributed by atoms with Crippen LogP contribution >= 0.6 is 0 Å². The smallest absolute Gasteiger partial charge is 0.508 e. The summed E-state index contributed by atoms with van der Waals surface area (Å²) in [6, 6.07) is 31.9. The SMILES string of the molecule is CC(O)CC(C)O.CN1[CH-]N(c2[c-]cccc2)C2=C1CCCC2.[Ir+3].[c-]1ccccc1-c1nccc2ccc(C3CCCCC3)cc12. The van der Waals surface area contributed by atoms with Gasteiger partial charge in [0.1, 0.15) is 0 Å². The quantitative estimate of drug-likeness (QED) is 0.198. The van der Waals surface area contributed by atoms with Gasteiger partial charge in [-0.2, -0.15) is 37.0 Å². The van der Waals surface area contributed by atoms with Gasteiger partial charge in [0, 0.05) is 17.6 Å². The number of allylic oxidation sites excluding steroid dienone is 2. The maximum Gasteiger partial charge on any atom is 3.00 e. The fourth-order valence-corrected chi connectivity index (χ4v) is 6.69. The molecule has 3 aromatic carbocycles.